The van der Waals surface area contributed by atoms with Crippen molar-refractivity contribution < 1.29 is 4.42 Å². The minimum Gasteiger partial charge on any atom is -0.463 e. The van der Waals surface area contributed by atoms with Crippen LogP contribution in [0.25, 0.3) is 0 Å². The van der Waals surface area contributed by atoms with Crippen LogP contribution >= 0.6 is 0 Å². The van der Waals surface area contributed by atoms with E-state index >= 15 is 0 Å². The maximum atomic E-state index is 5.77. The standard InChI is InChI=1S/C14H25N3O/c1-15-9-13-6-7-14(18-13)11-16(2)10-12-5-4-8-17(12)3/h6-7,12,15H,4-5,8-11H2,1-3H3. The highest BCUT2D eigenvalue weighted by Gasteiger charge is 2.22. The van der Waals surface area contributed by atoms with Crippen molar-refractivity contribution >= 4 is 0 Å². The lowest BCUT2D eigenvalue weighted by atomic mass is 10.2. The number of hydrogen-bond acceptors (Lipinski definition) is 4. The molecule has 1 unspecified atom stereocenters. The normalized spacial score (nSPS) is 21.0. The topological polar surface area (TPSA) is 31.6 Å². The summed E-state index contributed by atoms with van der Waals surface area (Å²) in [4.78, 5) is 4.82. The molecule has 2 heterocycles. The molecule has 1 saturated heterocycles. The summed E-state index contributed by atoms with van der Waals surface area (Å²) in [6.07, 6.45) is 2.66. The first-order valence-electron chi connectivity index (χ1n) is 6.80. The summed E-state index contributed by atoms with van der Waals surface area (Å²) >= 11 is 0. The molecule has 18 heavy (non-hydrogen) atoms. The van der Waals surface area contributed by atoms with Crippen molar-refractivity contribution in [3.05, 3.63) is 23.7 Å². The van der Waals surface area contributed by atoms with E-state index in [2.05, 4.69) is 41.3 Å². The van der Waals surface area contributed by atoms with Gasteiger partial charge in [-0.15, -0.1) is 0 Å². The van der Waals surface area contributed by atoms with Crippen molar-refractivity contribution in [1.29, 1.82) is 0 Å². The van der Waals surface area contributed by atoms with Gasteiger partial charge >= 0.3 is 0 Å². The van der Waals surface area contributed by atoms with E-state index in [1.165, 1.54) is 19.4 Å². The van der Waals surface area contributed by atoms with Crippen LogP contribution in [0.15, 0.2) is 16.5 Å². The minimum absolute atomic E-state index is 0.710. The van der Waals surface area contributed by atoms with Crippen LogP contribution in [0.5, 0.6) is 0 Å². The Morgan fingerprint density at radius 3 is 2.89 bits per heavy atom. The van der Waals surface area contributed by atoms with E-state index in [4.69, 9.17) is 4.42 Å². The number of nitrogens with one attached hydrogen (secondary N) is 1. The highest BCUT2D eigenvalue weighted by molar-refractivity contribution is 5.07. The molecule has 1 aliphatic rings. The third kappa shape index (κ3) is 3.57. The highest BCUT2D eigenvalue weighted by atomic mass is 16.3. The van der Waals surface area contributed by atoms with Crippen LogP contribution < -0.4 is 5.32 Å². The van der Waals surface area contributed by atoms with Crippen molar-refractivity contribution in [2.24, 2.45) is 0 Å². The van der Waals surface area contributed by atoms with E-state index in [0.29, 0.717) is 6.04 Å². The number of hydrogen-bond donors (Lipinski definition) is 1. The molecule has 1 aliphatic heterocycles. The first-order valence-corrected chi connectivity index (χ1v) is 6.80. The van der Waals surface area contributed by atoms with Crippen molar-refractivity contribution in [3.8, 4) is 0 Å². The predicted octanol–water partition coefficient (Wildman–Crippen LogP) is 1.52. The van der Waals surface area contributed by atoms with Gasteiger partial charge in [-0.05, 0) is 52.7 Å². The Hall–Kier alpha value is -0.840. The molecular formula is C14H25N3O. The lowest BCUT2D eigenvalue weighted by Gasteiger charge is -2.25. The van der Waals surface area contributed by atoms with Gasteiger partial charge in [0.2, 0.25) is 0 Å². The molecule has 0 spiro atoms. The average molecular weight is 251 g/mol. The molecule has 2 rings (SSSR count). The third-order valence-electron chi connectivity index (χ3n) is 3.69. The SMILES string of the molecule is CNCc1ccc(CN(C)CC2CCCN2C)o1. The lowest BCUT2D eigenvalue weighted by Crippen LogP contribution is -2.36. The Kier molecular flexibility index (Phi) is 4.80. The van der Waals surface area contributed by atoms with E-state index in [0.717, 1.165) is 31.2 Å². The van der Waals surface area contributed by atoms with E-state index < -0.39 is 0 Å². The van der Waals surface area contributed by atoms with Gasteiger partial charge in [0.1, 0.15) is 11.5 Å². The summed E-state index contributed by atoms with van der Waals surface area (Å²) < 4.78 is 5.77. The molecule has 0 aliphatic carbocycles. The number of likely N-dealkylation sites (N-methyl/N-ethyl adjacent to an activating group) is 2. The Bertz CT molecular complexity index is 364. The zero-order valence-corrected chi connectivity index (χ0v) is 11.8. The quantitative estimate of drug-likeness (QED) is 0.831. The molecule has 1 fully saturated rings. The molecule has 1 atom stereocenters. The van der Waals surface area contributed by atoms with Gasteiger partial charge in [-0.3, -0.25) is 4.90 Å². The second kappa shape index (κ2) is 6.36. The van der Waals surface area contributed by atoms with E-state index in [1.807, 2.05) is 7.05 Å². The van der Waals surface area contributed by atoms with Gasteiger partial charge in [-0.1, -0.05) is 0 Å². The van der Waals surface area contributed by atoms with Crippen molar-refractivity contribution in [3.63, 3.8) is 0 Å². The fourth-order valence-corrected chi connectivity index (χ4v) is 2.68. The van der Waals surface area contributed by atoms with Crippen LogP contribution in [0.2, 0.25) is 0 Å². The largest absolute Gasteiger partial charge is 0.463 e. The third-order valence-corrected chi connectivity index (χ3v) is 3.69. The summed E-state index contributed by atoms with van der Waals surface area (Å²) in [6, 6.07) is 4.85. The van der Waals surface area contributed by atoms with Crippen molar-refractivity contribution in [2.45, 2.75) is 32.0 Å². The first-order chi connectivity index (χ1) is 8.69. The molecular weight excluding hydrogens is 226 g/mol. The molecule has 1 aromatic heterocycles. The molecule has 0 bridgehead atoms. The molecule has 0 aromatic carbocycles. The molecule has 1 aromatic rings. The van der Waals surface area contributed by atoms with Crippen molar-refractivity contribution in [1.82, 2.24) is 15.1 Å². The lowest BCUT2D eigenvalue weighted by molar-refractivity contribution is 0.205. The van der Waals surface area contributed by atoms with Gasteiger partial charge in [0.05, 0.1) is 13.1 Å². The monoisotopic (exact) mass is 251 g/mol. The summed E-state index contributed by atoms with van der Waals surface area (Å²) in [7, 11) is 6.33. The van der Waals surface area contributed by atoms with Gasteiger partial charge in [-0.2, -0.15) is 0 Å². The van der Waals surface area contributed by atoms with Crippen molar-refractivity contribution in [2.75, 3.05) is 34.2 Å². The Labute approximate surface area is 110 Å². The predicted molar refractivity (Wildman–Crippen MR) is 73.5 cm³/mol. The maximum absolute atomic E-state index is 5.77. The van der Waals surface area contributed by atoms with Gasteiger partial charge in [0.15, 0.2) is 0 Å². The number of nitrogens with zero attached hydrogens (tertiary/aromatic N) is 2. The van der Waals surface area contributed by atoms with Crippen LogP contribution in [0.1, 0.15) is 24.4 Å². The van der Waals surface area contributed by atoms with E-state index in [1.54, 1.807) is 0 Å². The summed E-state index contributed by atoms with van der Waals surface area (Å²) in [5.74, 6) is 2.07. The number of furan rings is 1. The second-order valence-electron chi connectivity index (χ2n) is 5.37. The zero-order valence-electron chi connectivity index (χ0n) is 11.8. The van der Waals surface area contributed by atoms with Crippen LogP contribution in [0.4, 0.5) is 0 Å². The maximum Gasteiger partial charge on any atom is 0.118 e. The van der Waals surface area contributed by atoms with Gasteiger partial charge in [-0.25, -0.2) is 0 Å². The summed E-state index contributed by atoms with van der Waals surface area (Å²) in [5.41, 5.74) is 0. The van der Waals surface area contributed by atoms with Crippen LogP contribution in [-0.2, 0) is 13.1 Å². The molecule has 0 amide bonds. The Morgan fingerprint density at radius 1 is 1.44 bits per heavy atom. The van der Waals surface area contributed by atoms with Crippen LogP contribution in [0, 0.1) is 0 Å². The molecule has 0 radical (unpaired) electrons. The Balaban J connectivity index is 1.80. The number of rotatable bonds is 6. The van der Waals surface area contributed by atoms with Gasteiger partial charge in [0.25, 0.3) is 0 Å². The average Bonchev–Trinajstić information content (AvgIpc) is 2.90. The Morgan fingerprint density at radius 2 is 2.22 bits per heavy atom. The van der Waals surface area contributed by atoms with Crippen LogP contribution in [-0.4, -0.2) is 50.1 Å². The molecule has 0 saturated carbocycles. The fraction of sp³-hybridized carbons (Fsp3) is 0.714. The second-order valence-corrected chi connectivity index (χ2v) is 5.37. The van der Waals surface area contributed by atoms with E-state index in [9.17, 15) is 0 Å². The molecule has 4 heteroatoms. The van der Waals surface area contributed by atoms with Gasteiger partial charge < -0.3 is 14.6 Å². The minimum atomic E-state index is 0.710. The van der Waals surface area contributed by atoms with Gasteiger partial charge in [0, 0.05) is 12.6 Å². The number of likely N-dealkylation sites (tertiary alicyclic amines) is 1. The summed E-state index contributed by atoms with van der Waals surface area (Å²) in [6.45, 7) is 4.06. The first kappa shape index (κ1) is 13.6. The molecule has 102 valence electrons. The molecule has 1 N–H and O–H groups in total. The molecule has 4 nitrogen and oxygen atoms in total. The summed E-state index contributed by atoms with van der Waals surface area (Å²) in [5, 5.41) is 3.10. The van der Waals surface area contributed by atoms with E-state index in [-0.39, 0.29) is 0 Å². The van der Waals surface area contributed by atoms with Crippen LogP contribution in [0.3, 0.4) is 0 Å². The highest BCUT2D eigenvalue weighted by Crippen LogP contribution is 2.17. The zero-order chi connectivity index (χ0) is 13.0. The smallest absolute Gasteiger partial charge is 0.118 e. The fourth-order valence-electron chi connectivity index (χ4n) is 2.68.